The quantitative estimate of drug-likeness (QED) is 0.780. The van der Waals surface area contributed by atoms with Crippen molar-refractivity contribution in [2.75, 3.05) is 6.54 Å². The summed E-state index contributed by atoms with van der Waals surface area (Å²) >= 11 is 5.52. The molecule has 4 N–H and O–H groups in total. The van der Waals surface area contributed by atoms with E-state index in [1.54, 1.807) is 0 Å². The lowest BCUT2D eigenvalue weighted by Gasteiger charge is -2.12. The highest BCUT2D eigenvalue weighted by Gasteiger charge is 2.16. The van der Waals surface area contributed by atoms with Gasteiger partial charge < -0.3 is 11.5 Å². The van der Waals surface area contributed by atoms with Crippen molar-refractivity contribution in [3.8, 4) is 0 Å². The van der Waals surface area contributed by atoms with Crippen molar-refractivity contribution < 1.29 is 8.78 Å². The molecule has 80 valence electrons. The van der Waals surface area contributed by atoms with Gasteiger partial charge in [-0.3, -0.25) is 0 Å². The predicted octanol–water partition coefficient (Wildman–Crippen LogP) is 2.00. The lowest BCUT2D eigenvalue weighted by atomic mass is 10.1. The molecule has 1 rings (SSSR count). The standard InChI is InChI=1S/C8H9ClF2N2.ClH/c9-8-5(11)2-1-4(10)7(8)6(13)3-12;/h1-2,6H,3,12-13H2;1H/t6-;/m1./s1. The van der Waals surface area contributed by atoms with Gasteiger partial charge in [-0.1, -0.05) is 11.6 Å². The molecule has 1 atom stereocenters. The zero-order valence-electron chi connectivity index (χ0n) is 7.14. The molecule has 0 aromatic heterocycles. The van der Waals surface area contributed by atoms with Crippen LogP contribution in [0.2, 0.25) is 5.02 Å². The predicted molar refractivity (Wildman–Crippen MR) is 54.6 cm³/mol. The van der Waals surface area contributed by atoms with Crippen molar-refractivity contribution in [2.45, 2.75) is 6.04 Å². The number of halogens is 4. The topological polar surface area (TPSA) is 52.0 Å². The summed E-state index contributed by atoms with van der Waals surface area (Å²) in [7, 11) is 0. The highest BCUT2D eigenvalue weighted by Crippen LogP contribution is 2.26. The third-order valence-corrected chi connectivity index (χ3v) is 2.09. The molecule has 0 aliphatic rings. The monoisotopic (exact) mass is 242 g/mol. The highest BCUT2D eigenvalue weighted by atomic mass is 35.5. The second-order valence-corrected chi connectivity index (χ2v) is 2.98. The average molecular weight is 243 g/mol. The van der Waals surface area contributed by atoms with E-state index in [2.05, 4.69) is 0 Å². The lowest BCUT2D eigenvalue weighted by Crippen LogP contribution is -2.22. The SMILES string of the molecule is Cl.NC[C@@H](N)c1c(F)ccc(F)c1Cl. The third kappa shape index (κ3) is 2.54. The molecule has 0 amide bonds. The first kappa shape index (κ1) is 13.6. The van der Waals surface area contributed by atoms with Gasteiger partial charge in [0.05, 0.1) is 5.02 Å². The van der Waals surface area contributed by atoms with Crippen LogP contribution in [0.5, 0.6) is 0 Å². The molecule has 0 saturated heterocycles. The summed E-state index contributed by atoms with van der Waals surface area (Å²) in [5.41, 5.74) is 10.6. The summed E-state index contributed by atoms with van der Waals surface area (Å²) in [6, 6.07) is 1.15. The van der Waals surface area contributed by atoms with Crippen LogP contribution >= 0.6 is 24.0 Å². The maximum Gasteiger partial charge on any atom is 0.142 e. The average Bonchev–Trinajstić information content (AvgIpc) is 2.12. The van der Waals surface area contributed by atoms with Crippen LogP contribution in [0.3, 0.4) is 0 Å². The minimum Gasteiger partial charge on any atom is -0.329 e. The Morgan fingerprint density at radius 3 is 2.29 bits per heavy atom. The molecule has 6 heteroatoms. The van der Waals surface area contributed by atoms with Gasteiger partial charge in [-0.05, 0) is 12.1 Å². The second kappa shape index (κ2) is 5.46. The van der Waals surface area contributed by atoms with Crippen LogP contribution in [0.4, 0.5) is 8.78 Å². The van der Waals surface area contributed by atoms with E-state index in [1.807, 2.05) is 0 Å². The Kier molecular flexibility index (Phi) is 5.29. The number of hydrogen-bond acceptors (Lipinski definition) is 2. The zero-order chi connectivity index (χ0) is 10.0. The molecule has 0 saturated carbocycles. The van der Waals surface area contributed by atoms with Gasteiger partial charge in [-0.15, -0.1) is 12.4 Å². The van der Waals surface area contributed by atoms with Crippen molar-refractivity contribution in [2.24, 2.45) is 11.5 Å². The van der Waals surface area contributed by atoms with E-state index < -0.39 is 17.7 Å². The highest BCUT2D eigenvalue weighted by molar-refractivity contribution is 6.31. The number of nitrogens with two attached hydrogens (primary N) is 2. The third-order valence-electron chi connectivity index (χ3n) is 1.70. The van der Waals surface area contributed by atoms with Gasteiger partial charge in [-0.25, -0.2) is 8.78 Å². The number of rotatable bonds is 2. The van der Waals surface area contributed by atoms with Gasteiger partial charge in [0.25, 0.3) is 0 Å². The van der Waals surface area contributed by atoms with Crippen LogP contribution in [-0.4, -0.2) is 6.54 Å². The van der Waals surface area contributed by atoms with E-state index in [0.717, 1.165) is 12.1 Å². The van der Waals surface area contributed by atoms with Crippen molar-refractivity contribution in [1.82, 2.24) is 0 Å². The van der Waals surface area contributed by atoms with E-state index in [9.17, 15) is 8.78 Å². The molecule has 14 heavy (non-hydrogen) atoms. The summed E-state index contributed by atoms with van der Waals surface area (Å²) in [6.45, 7) is 0.0140. The molecule has 0 aliphatic carbocycles. The summed E-state index contributed by atoms with van der Waals surface area (Å²) < 4.78 is 25.9. The molecular weight excluding hydrogens is 233 g/mol. The van der Waals surface area contributed by atoms with Crippen LogP contribution in [0.1, 0.15) is 11.6 Å². The molecule has 0 heterocycles. The Labute approximate surface area is 91.6 Å². The minimum absolute atomic E-state index is 0. The molecule has 0 fully saturated rings. The maximum absolute atomic E-state index is 13.1. The first-order valence-corrected chi connectivity index (χ1v) is 4.04. The van der Waals surface area contributed by atoms with E-state index >= 15 is 0 Å². The van der Waals surface area contributed by atoms with Crippen molar-refractivity contribution in [3.05, 3.63) is 34.4 Å². The summed E-state index contributed by atoms with van der Waals surface area (Å²) in [4.78, 5) is 0. The van der Waals surface area contributed by atoms with Crippen LogP contribution in [0, 0.1) is 11.6 Å². The molecule has 2 nitrogen and oxygen atoms in total. The fraction of sp³-hybridized carbons (Fsp3) is 0.250. The van der Waals surface area contributed by atoms with Gasteiger partial charge >= 0.3 is 0 Å². The largest absolute Gasteiger partial charge is 0.329 e. The van der Waals surface area contributed by atoms with Gasteiger partial charge in [-0.2, -0.15) is 0 Å². The molecule has 0 radical (unpaired) electrons. The van der Waals surface area contributed by atoms with Gasteiger partial charge in [0.15, 0.2) is 0 Å². The summed E-state index contributed by atoms with van der Waals surface area (Å²) in [5.74, 6) is -1.33. The van der Waals surface area contributed by atoms with Crippen LogP contribution in [-0.2, 0) is 0 Å². The van der Waals surface area contributed by atoms with E-state index in [0.29, 0.717) is 0 Å². The summed E-state index contributed by atoms with van der Waals surface area (Å²) in [5, 5.41) is -0.294. The second-order valence-electron chi connectivity index (χ2n) is 2.60. The molecular formula is C8H10Cl2F2N2. The van der Waals surface area contributed by atoms with Crippen molar-refractivity contribution in [3.63, 3.8) is 0 Å². The fourth-order valence-electron chi connectivity index (χ4n) is 1.00. The number of hydrogen-bond donors (Lipinski definition) is 2. The van der Waals surface area contributed by atoms with Crippen LogP contribution in [0.25, 0.3) is 0 Å². The molecule has 0 bridgehead atoms. The minimum atomic E-state index is -0.775. The zero-order valence-corrected chi connectivity index (χ0v) is 8.71. The lowest BCUT2D eigenvalue weighted by molar-refractivity contribution is 0.564. The Hall–Kier alpha value is -0.420. The molecule has 0 unspecified atom stereocenters. The summed E-state index contributed by atoms with van der Waals surface area (Å²) in [6.07, 6.45) is 0. The Balaban J connectivity index is 0.00000169. The molecule has 0 aliphatic heterocycles. The smallest absolute Gasteiger partial charge is 0.142 e. The first-order chi connectivity index (χ1) is 6.07. The molecule has 1 aromatic rings. The normalized spacial score (nSPS) is 12.1. The Morgan fingerprint density at radius 2 is 1.79 bits per heavy atom. The van der Waals surface area contributed by atoms with Gasteiger partial charge in [0.1, 0.15) is 11.6 Å². The van der Waals surface area contributed by atoms with E-state index in [1.165, 1.54) is 0 Å². The van der Waals surface area contributed by atoms with Gasteiger partial charge in [0.2, 0.25) is 0 Å². The van der Waals surface area contributed by atoms with Crippen LogP contribution in [0.15, 0.2) is 12.1 Å². The van der Waals surface area contributed by atoms with Crippen molar-refractivity contribution in [1.29, 1.82) is 0 Å². The van der Waals surface area contributed by atoms with E-state index in [4.69, 9.17) is 23.1 Å². The first-order valence-electron chi connectivity index (χ1n) is 3.67. The number of benzene rings is 1. The Bertz CT molecular complexity index is 320. The Morgan fingerprint density at radius 1 is 1.29 bits per heavy atom. The maximum atomic E-state index is 13.1. The molecule has 0 spiro atoms. The van der Waals surface area contributed by atoms with Crippen molar-refractivity contribution >= 4 is 24.0 Å². The van der Waals surface area contributed by atoms with E-state index in [-0.39, 0.29) is 29.5 Å². The molecule has 1 aromatic carbocycles. The van der Waals surface area contributed by atoms with Gasteiger partial charge in [0, 0.05) is 18.2 Å². The fourth-order valence-corrected chi connectivity index (χ4v) is 1.29. The van der Waals surface area contributed by atoms with Crippen LogP contribution < -0.4 is 11.5 Å².